The molecule has 318 valence electrons. The van der Waals surface area contributed by atoms with Gasteiger partial charge >= 0.3 is 23.9 Å². The van der Waals surface area contributed by atoms with E-state index in [4.69, 9.17) is 0 Å². The third kappa shape index (κ3) is 7.58. The standard InChI is InChI=1S/C58H38O8/c59-55(60)51-47(39-28-15-5-16-29-39)43(35-20-7-1-8-21-35)45(37-24-11-3-12-25-37)49(53(51)57(63)64)41-32-19-33-42(34-41)50-46(38-26-13-4-14-27-38)44(36-22-9-2-10-23-36)48(40-30-17-6-18-31-40)52(56(61)62)54(50)58(65)66/h1-34H,(H,59,60)(H,61,62)(H,63,64)(H,65,66). The first-order chi connectivity index (χ1) is 32.2. The first-order valence-corrected chi connectivity index (χ1v) is 21.0. The zero-order valence-electron chi connectivity index (χ0n) is 35.1. The van der Waals surface area contributed by atoms with Crippen molar-refractivity contribution in [1.29, 1.82) is 0 Å². The molecule has 0 heterocycles. The highest BCUT2D eigenvalue weighted by atomic mass is 16.4. The lowest BCUT2D eigenvalue weighted by Crippen LogP contribution is -2.15. The minimum Gasteiger partial charge on any atom is -0.478 e. The Kier molecular flexibility index (Phi) is 11.5. The highest BCUT2D eigenvalue weighted by Gasteiger charge is 2.36. The fraction of sp³-hybridized carbons (Fsp3) is 0. The van der Waals surface area contributed by atoms with E-state index in [0.29, 0.717) is 55.6 Å². The zero-order chi connectivity index (χ0) is 45.9. The number of benzene rings is 9. The Morgan fingerprint density at radius 2 is 0.379 bits per heavy atom. The number of rotatable bonds is 12. The van der Waals surface area contributed by atoms with Crippen molar-refractivity contribution in [2.75, 3.05) is 0 Å². The molecule has 0 saturated heterocycles. The quantitative estimate of drug-likeness (QED) is 0.0948. The molecule has 9 rings (SSSR count). The van der Waals surface area contributed by atoms with E-state index in [1.54, 1.807) is 84.9 Å². The number of carboxylic acid groups (broad SMARTS) is 4. The molecule has 9 aromatic rings. The Balaban J connectivity index is 1.51. The topological polar surface area (TPSA) is 149 Å². The number of aromatic carboxylic acids is 4. The summed E-state index contributed by atoms with van der Waals surface area (Å²) in [4.78, 5) is 55.5. The maximum Gasteiger partial charge on any atom is 0.337 e. The molecule has 0 bridgehead atoms. The van der Waals surface area contributed by atoms with Gasteiger partial charge < -0.3 is 20.4 Å². The summed E-state index contributed by atoms with van der Waals surface area (Å²) < 4.78 is 0. The van der Waals surface area contributed by atoms with E-state index < -0.39 is 46.1 Å². The van der Waals surface area contributed by atoms with Gasteiger partial charge in [-0.1, -0.05) is 200 Å². The molecule has 4 N–H and O–H groups in total. The second-order valence-corrected chi connectivity index (χ2v) is 15.5. The Labute approximate surface area is 379 Å². The van der Waals surface area contributed by atoms with E-state index in [2.05, 4.69) is 0 Å². The van der Waals surface area contributed by atoms with Gasteiger partial charge in [0.05, 0.1) is 22.3 Å². The van der Waals surface area contributed by atoms with Crippen molar-refractivity contribution in [3.8, 4) is 89.0 Å². The van der Waals surface area contributed by atoms with E-state index >= 15 is 0 Å². The third-order valence-electron chi connectivity index (χ3n) is 11.7. The van der Waals surface area contributed by atoms with E-state index in [1.807, 2.05) is 121 Å². The smallest absolute Gasteiger partial charge is 0.337 e. The second-order valence-electron chi connectivity index (χ2n) is 15.5. The Morgan fingerprint density at radius 1 is 0.212 bits per heavy atom. The van der Waals surface area contributed by atoms with Crippen molar-refractivity contribution in [3.63, 3.8) is 0 Å². The molecule has 0 radical (unpaired) electrons. The van der Waals surface area contributed by atoms with Gasteiger partial charge in [-0.3, -0.25) is 0 Å². The predicted molar refractivity (Wildman–Crippen MR) is 258 cm³/mol. The Bertz CT molecular complexity index is 3090. The molecule has 66 heavy (non-hydrogen) atoms. The lowest BCUT2D eigenvalue weighted by Gasteiger charge is -2.27. The molecule has 8 heteroatoms. The van der Waals surface area contributed by atoms with Gasteiger partial charge in [0.2, 0.25) is 0 Å². The van der Waals surface area contributed by atoms with Crippen molar-refractivity contribution in [2.45, 2.75) is 0 Å². The van der Waals surface area contributed by atoms with E-state index in [1.165, 1.54) is 0 Å². The second kappa shape index (κ2) is 17.9. The van der Waals surface area contributed by atoms with Crippen LogP contribution in [0, 0.1) is 0 Å². The van der Waals surface area contributed by atoms with E-state index in [0.717, 1.165) is 0 Å². The summed E-state index contributed by atoms with van der Waals surface area (Å²) in [5.41, 5.74) is 4.46. The molecule has 0 aliphatic heterocycles. The van der Waals surface area contributed by atoms with Gasteiger partial charge in [-0.25, -0.2) is 19.2 Å². The molecule has 0 aliphatic rings. The zero-order valence-corrected chi connectivity index (χ0v) is 35.1. The van der Waals surface area contributed by atoms with Crippen molar-refractivity contribution >= 4 is 23.9 Å². The van der Waals surface area contributed by atoms with Crippen LogP contribution in [0.25, 0.3) is 89.0 Å². The minimum atomic E-state index is -1.50. The lowest BCUT2D eigenvalue weighted by atomic mass is 9.75. The van der Waals surface area contributed by atoms with Crippen LogP contribution >= 0.6 is 0 Å². The normalized spacial score (nSPS) is 10.9. The number of hydrogen-bond acceptors (Lipinski definition) is 4. The fourth-order valence-electron chi connectivity index (χ4n) is 9.12. The molecular formula is C58H38O8. The van der Waals surface area contributed by atoms with Crippen LogP contribution in [-0.2, 0) is 0 Å². The summed E-state index contributed by atoms with van der Waals surface area (Å²) in [7, 11) is 0. The van der Waals surface area contributed by atoms with Gasteiger partial charge in [-0.15, -0.1) is 0 Å². The summed E-state index contributed by atoms with van der Waals surface area (Å²) in [6.07, 6.45) is 0. The summed E-state index contributed by atoms with van der Waals surface area (Å²) in [5, 5.41) is 45.1. The molecule has 8 nitrogen and oxygen atoms in total. The SMILES string of the molecule is O=C(O)c1c(C(=O)O)c(-c2cccc(-c3c(C(=O)O)c(C(=O)O)c(-c4ccccc4)c(-c4ccccc4)c3-c3ccccc3)c2)c(-c2ccccc2)c(-c2ccccc2)c1-c1ccccc1. The average molecular weight is 863 g/mol. The van der Waals surface area contributed by atoms with Crippen molar-refractivity contribution in [2.24, 2.45) is 0 Å². The molecule has 0 amide bonds. The number of hydrogen-bond donors (Lipinski definition) is 4. The maximum absolute atomic E-state index is 14.0. The molecular weight excluding hydrogens is 825 g/mol. The lowest BCUT2D eigenvalue weighted by molar-refractivity contribution is 0.0653. The Morgan fingerprint density at radius 3 is 0.576 bits per heavy atom. The minimum absolute atomic E-state index is 0.0762. The monoisotopic (exact) mass is 862 g/mol. The van der Waals surface area contributed by atoms with Crippen LogP contribution in [0.5, 0.6) is 0 Å². The maximum atomic E-state index is 14.0. The van der Waals surface area contributed by atoms with Crippen LogP contribution < -0.4 is 0 Å². The summed E-state index contributed by atoms with van der Waals surface area (Å²) in [6.45, 7) is 0. The number of carbonyl (C=O) groups is 4. The van der Waals surface area contributed by atoms with Crippen LogP contribution in [0.2, 0.25) is 0 Å². The average Bonchev–Trinajstić information content (AvgIpc) is 3.36. The van der Waals surface area contributed by atoms with Crippen LogP contribution in [0.15, 0.2) is 206 Å². The van der Waals surface area contributed by atoms with Gasteiger partial charge in [-0.2, -0.15) is 0 Å². The first kappa shape index (κ1) is 42.2. The van der Waals surface area contributed by atoms with Gasteiger partial charge in [0.15, 0.2) is 0 Å². The number of carboxylic acids is 4. The summed E-state index contributed by atoms with van der Waals surface area (Å²) in [5.74, 6) is -5.92. The summed E-state index contributed by atoms with van der Waals surface area (Å²) >= 11 is 0. The van der Waals surface area contributed by atoms with Gasteiger partial charge in [0.1, 0.15) is 0 Å². The van der Waals surface area contributed by atoms with Crippen LogP contribution in [0.1, 0.15) is 41.4 Å². The molecule has 0 atom stereocenters. The van der Waals surface area contributed by atoms with E-state index in [9.17, 15) is 39.6 Å². The van der Waals surface area contributed by atoms with Crippen LogP contribution in [-0.4, -0.2) is 44.3 Å². The van der Waals surface area contributed by atoms with Gasteiger partial charge in [0.25, 0.3) is 0 Å². The molecule has 0 aromatic heterocycles. The first-order valence-electron chi connectivity index (χ1n) is 21.0. The molecule has 0 spiro atoms. The third-order valence-corrected chi connectivity index (χ3v) is 11.7. The molecule has 0 saturated carbocycles. The van der Waals surface area contributed by atoms with Crippen molar-refractivity contribution in [1.82, 2.24) is 0 Å². The molecule has 0 aliphatic carbocycles. The molecule has 0 unspecified atom stereocenters. The fourth-order valence-corrected chi connectivity index (χ4v) is 9.12. The van der Waals surface area contributed by atoms with Crippen molar-refractivity contribution in [3.05, 3.63) is 229 Å². The van der Waals surface area contributed by atoms with Crippen LogP contribution in [0.3, 0.4) is 0 Å². The summed E-state index contributed by atoms with van der Waals surface area (Å²) in [6, 6.07) is 60.8. The molecule has 9 aromatic carbocycles. The molecule has 0 fully saturated rings. The largest absolute Gasteiger partial charge is 0.478 e. The Hall–Kier alpha value is -9.14. The van der Waals surface area contributed by atoms with E-state index in [-0.39, 0.29) is 33.4 Å². The highest BCUT2D eigenvalue weighted by Crippen LogP contribution is 2.53. The van der Waals surface area contributed by atoms with Crippen molar-refractivity contribution < 1.29 is 39.6 Å². The highest BCUT2D eigenvalue weighted by molar-refractivity contribution is 6.21. The predicted octanol–water partition coefficient (Wildman–Crippen LogP) is 13.8. The van der Waals surface area contributed by atoms with Gasteiger partial charge in [-0.05, 0) is 72.8 Å². The van der Waals surface area contributed by atoms with Gasteiger partial charge in [0, 0.05) is 22.3 Å². The van der Waals surface area contributed by atoms with Crippen LogP contribution in [0.4, 0.5) is 0 Å².